The van der Waals surface area contributed by atoms with Crippen LogP contribution in [0.25, 0.3) is 11.3 Å². The number of carbonyl (C=O) groups excluding carboxylic acids is 1. The molecule has 2 aromatic heterocycles. The molecule has 0 saturated heterocycles. The van der Waals surface area contributed by atoms with Crippen molar-refractivity contribution in [3.63, 3.8) is 0 Å². The van der Waals surface area contributed by atoms with Gasteiger partial charge < -0.3 is 10.1 Å². The summed E-state index contributed by atoms with van der Waals surface area (Å²) in [7, 11) is 3.49. The quantitative estimate of drug-likeness (QED) is 0.866. The second kappa shape index (κ2) is 6.09. The van der Waals surface area contributed by atoms with Gasteiger partial charge in [0.2, 0.25) is 0 Å². The molecule has 2 aromatic rings. The maximum absolute atomic E-state index is 12.1. The van der Waals surface area contributed by atoms with E-state index in [1.54, 1.807) is 17.9 Å². The molecule has 0 aliphatic heterocycles. The van der Waals surface area contributed by atoms with Crippen LogP contribution < -0.4 is 5.32 Å². The van der Waals surface area contributed by atoms with Crippen molar-refractivity contribution in [3.8, 4) is 11.3 Å². The Balaban J connectivity index is 2.20. The summed E-state index contributed by atoms with van der Waals surface area (Å²) in [6.07, 6.45) is 0. The van der Waals surface area contributed by atoms with Crippen molar-refractivity contribution in [2.24, 2.45) is 7.05 Å². The van der Waals surface area contributed by atoms with Gasteiger partial charge in [0.25, 0.3) is 5.91 Å². The number of nitrogens with one attached hydrogen (secondary N) is 2. The first-order chi connectivity index (χ1) is 9.93. The Hall–Kier alpha value is -2.15. The van der Waals surface area contributed by atoms with Gasteiger partial charge in [-0.1, -0.05) is 0 Å². The largest absolute Gasteiger partial charge is 0.383 e. The zero-order valence-electron chi connectivity index (χ0n) is 13.0. The molecule has 2 rings (SSSR count). The lowest BCUT2D eigenvalue weighted by Gasteiger charge is -2.11. The summed E-state index contributed by atoms with van der Waals surface area (Å²) in [6, 6.07) is 1.68. The number of hydrogen-bond donors (Lipinski definition) is 2. The second-order valence-electron chi connectivity index (χ2n) is 5.17. The average molecular weight is 291 g/mol. The Morgan fingerprint density at radius 1 is 1.52 bits per heavy atom. The maximum atomic E-state index is 12.1. The Morgan fingerprint density at radius 2 is 2.24 bits per heavy atom. The molecule has 21 heavy (non-hydrogen) atoms. The van der Waals surface area contributed by atoms with E-state index in [0.29, 0.717) is 12.3 Å². The van der Waals surface area contributed by atoms with Gasteiger partial charge in [0.1, 0.15) is 5.69 Å². The van der Waals surface area contributed by atoms with Crippen LogP contribution >= 0.6 is 0 Å². The standard InChI is InChI=1S/C14H21N5O2/c1-8(7-21-5)15-14(20)12-6-11(16-17-12)13-9(2)18-19(4)10(13)3/h6,8H,7H2,1-5H3,(H,15,20)(H,16,17). The molecular formula is C14H21N5O2. The van der Waals surface area contributed by atoms with Crippen molar-refractivity contribution >= 4 is 5.91 Å². The highest BCUT2D eigenvalue weighted by Gasteiger charge is 2.17. The van der Waals surface area contributed by atoms with Crippen molar-refractivity contribution in [2.75, 3.05) is 13.7 Å². The van der Waals surface area contributed by atoms with Gasteiger partial charge in [-0.15, -0.1) is 0 Å². The van der Waals surface area contributed by atoms with E-state index in [2.05, 4.69) is 20.6 Å². The number of aryl methyl sites for hydroxylation is 2. The molecule has 7 nitrogen and oxygen atoms in total. The zero-order valence-corrected chi connectivity index (χ0v) is 13.0. The SMILES string of the molecule is COCC(C)NC(=O)c1cc(-c2c(C)nn(C)c2C)n[nH]1. The predicted octanol–water partition coefficient (Wildman–Crippen LogP) is 1.19. The molecule has 1 amide bonds. The fourth-order valence-electron chi connectivity index (χ4n) is 2.30. The van der Waals surface area contributed by atoms with Gasteiger partial charge in [0, 0.05) is 31.5 Å². The fraction of sp³-hybridized carbons (Fsp3) is 0.500. The number of aromatic nitrogens is 4. The molecule has 7 heteroatoms. The summed E-state index contributed by atoms with van der Waals surface area (Å²) < 4.78 is 6.80. The number of hydrogen-bond acceptors (Lipinski definition) is 4. The van der Waals surface area contributed by atoms with Gasteiger partial charge in [-0.3, -0.25) is 14.6 Å². The van der Waals surface area contributed by atoms with Crippen LogP contribution in [0.2, 0.25) is 0 Å². The fourth-order valence-corrected chi connectivity index (χ4v) is 2.30. The van der Waals surface area contributed by atoms with Crippen LogP contribution in [0.4, 0.5) is 0 Å². The summed E-state index contributed by atoms with van der Waals surface area (Å²) in [5.74, 6) is -0.197. The predicted molar refractivity (Wildman–Crippen MR) is 79.1 cm³/mol. The summed E-state index contributed by atoms with van der Waals surface area (Å²) >= 11 is 0. The molecule has 0 radical (unpaired) electrons. The first-order valence-electron chi connectivity index (χ1n) is 6.79. The van der Waals surface area contributed by atoms with E-state index in [4.69, 9.17) is 4.74 Å². The Morgan fingerprint density at radius 3 is 2.81 bits per heavy atom. The topological polar surface area (TPSA) is 84.8 Å². The smallest absolute Gasteiger partial charge is 0.269 e. The van der Waals surface area contributed by atoms with Crippen LogP contribution in [0.5, 0.6) is 0 Å². The van der Waals surface area contributed by atoms with Crippen molar-refractivity contribution in [3.05, 3.63) is 23.1 Å². The third-order valence-electron chi connectivity index (χ3n) is 3.38. The van der Waals surface area contributed by atoms with Crippen molar-refractivity contribution < 1.29 is 9.53 Å². The normalized spacial score (nSPS) is 12.4. The summed E-state index contributed by atoms with van der Waals surface area (Å²) in [6.45, 7) is 6.25. The number of H-pyrrole nitrogens is 1. The van der Waals surface area contributed by atoms with Crippen LogP contribution in [-0.2, 0) is 11.8 Å². The summed E-state index contributed by atoms with van der Waals surface area (Å²) in [5, 5.41) is 14.2. The molecule has 0 aliphatic rings. The molecule has 1 atom stereocenters. The zero-order chi connectivity index (χ0) is 15.6. The minimum Gasteiger partial charge on any atom is -0.383 e. The summed E-state index contributed by atoms with van der Waals surface area (Å²) in [5.41, 5.74) is 4.01. The number of ether oxygens (including phenoxy) is 1. The van der Waals surface area contributed by atoms with E-state index >= 15 is 0 Å². The Kier molecular flexibility index (Phi) is 4.42. The number of methoxy groups -OCH3 is 1. The lowest BCUT2D eigenvalue weighted by molar-refractivity contribution is 0.0900. The van der Waals surface area contributed by atoms with Gasteiger partial charge >= 0.3 is 0 Å². The molecule has 0 fully saturated rings. The van der Waals surface area contributed by atoms with E-state index in [1.165, 1.54) is 0 Å². The van der Waals surface area contributed by atoms with Crippen LogP contribution in [0.15, 0.2) is 6.07 Å². The number of aromatic amines is 1. The lowest BCUT2D eigenvalue weighted by Crippen LogP contribution is -2.35. The van der Waals surface area contributed by atoms with Crippen molar-refractivity contribution in [1.29, 1.82) is 0 Å². The highest BCUT2D eigenvalue weighted by atomic mass is 16.5. The molecule has 0 aliphatic carbocycles. The van der Waals surface area contributed by atoms with Crippen LogP contribution in [-0.4, -0.2) is 45.6 Å². The molecule has 1 unspecified atom stereocenters. The molecular weight excluding hydrogens is 270 g/mol. The molecule has 0 aromatic carbocycles. The van der Waals surface area contributed by atoms with E-state index in [1.807, 2.05) is 27.8 Å². The lowest BCUT2D eigenvalue weighted by atomic mass is 10.1. The van der Waals surface area contributed by atoms with Crippen LogP contribution in [0, 0.1) is 13.8 Å². The van der Waals surface area contributed by atoms with E-state index in [0.717, 1.165) is 22.6 Å². The average Bonchev–Trinajstić information content (AvgIpc) is 2.96. The highest BCUT2D eigenvalue weighted by Crippen LogP contribution is 2.25. The van der Waals surface area contributed by atoms with Crippen molar-refractivity contribution in [1.82, 2.24) is 25.3 Å². The highest BCUT2D eigenvalue weighted by molar-refractivity contribution is 5.93. The molecule has 2 N–H and O–H groups in total. The van der Waals surface area contributed by atoms with E-state index in [9.17, 15) is 4.79 Å². The second-order valence-corrected chi connectivity index (χ2v) is 5.17. The van der Waals surface area contributed by atoms with Gasteiger partial charge in [0.05, 0.1) is 18.0 Å². The molecule has 114 valence electrons. The van der Waals surface area contributed by atoms with Crippen molar-refractivity contribution in [2.45, 2.75) is 26.8 Å². The Labute approximate surface area is 123 Å². The van der Waals surface area contributed by atoms with E-state index < -0.39 is 0 Å². The van der Waals surface area contributed by atoms with Crippen LogP contribution in [0.3, 0.4) is 0 Å². The number of nitrogens with zero attached hydrogens (tertiary/aromatic N) is 3. The third-order valence-corrected chi connectivity index (χ3v) is 3.38. The molecule has 0 spiro atoms. The maximum Gasteiger partial charge on any atom is 0.269 e. The third kappa shape index (κ3) is 3.13. The van der Waals surface area contributed by atoms with Gasteiger partial charge in [-0.05, 0) is 26.8 Å². The first-order valence-corrected chi connectivity index (χ1v) is 6.79. The van der Waals surface area contributed by atoms with Crippen LogP contribution in [0.1, 0.15) is 28.8 Å². The van der Waals surface area contributed by atoms with Gasteiger partial charge in [-0.2, -0.15) is 10.2 Å². The molecule has 0 bridgehead atoms. The monoisotopic (exact) mass is 291 g/mol. The van der Waals surface area contributed by atoms with E-state index in [-0.39, 0.29) is 11.9 Å². The van der Waals surface area contributed by atoms with Gasteiger partial charge in [-0.25, -0.2) is 0 Å². The summed E-state index contributed by atoms with van der Waals surface area (Å²) in [4.78, 5) is 12.1. The minimum absolute atomic E-state index is 0.0592. The molecule has 2 heterocycles. The Bertz CT molecular complexity index is 644. The number of amides is 1. The molecule has 0 saturated carbocycles. The van der Waals surface area contributed by atoms with Gasteiger partial charge in [0.15, 0.2) is 0 Å². The first kappa shape index (κ1) is 15.2. The minimum atomic E-state index is -0.197. The number of rotatable bonds is 5. The number of carbonyl (C=O) groups is 1.